The Morgan fingerprint density at radius 3 is 1.89 bits per heavy atom. The molecule has 8 aromatic carbocycles. The lowest BCUT2D eigenvalue weighted by molar-refractivity contribution is -0.000160. The fraction of sp³-hybridized carbons (Fsp3) is 0.203. The molecule has 9 aromatic rings. The first kappa shape index (κ1) is 34.7. The van der Waals surface area contributed by atoms with Gasteiger partial charge in [0.15, 0.2) is 17.5 Å². The minimum absolute atomic E-state index is 0.327. The van der Waals surface area contributed by atoms with Gasteiger partial charge in [0.05, 0.1) is 5.41 Å². The summed E-state index contributed by atoms with van der Waals surface area (Å²) in [6.45, 7) is 0. The van der Waals surface area contributed by atoms with Crippen molar-refractivity contribution in [2.24, 2.45) is 23.2 Å². The molecular formula is C59H43N3O. The third kappa shape index (κ3) is 4.48. The maximum Gasteiger partial charge on any atom is 0.164 e. The van der Waals surface area contributed by atoms with Crippen LogP contribution in [0.25, 0.3) is 66.8 Å². The topological polar surface area (TPSA) is 47.9 Å². The number of aromatic nitrogens is 3. The quantitative estimate of drug-likeness (QED) is 0.166. The zero-order chi connectivity index (χ0) is 41.1. The standard InChI is InChI=1S/C59H43N3O/c1-2-12-42-37(11-1)28-47(44-14-4-3-13-43(42)44)56-61-54(36-21-24-39(25-22-36)57-31-35-27-40-30-41(33-57)58(40,32-35)34-57)60-55(62-56)38-23-26-53-51(29-38)59(50-19-9-10-20-52(50)63-53)48-17-7-5-15-45(48)46-16-6-8-18-49(46)59/h1-26,28-29,35,40-41H,27,30-34H2/t35-,40-,41?,57?,58?/m0/s1. The van der Waals surface area contributed by atoms with Crippen molar-refractivity contribution < 1.29 is 4.74 Å². The number of rotatable bonds is 4. The fourth-order valence-electron chi connectivity index (χ4n) is 14.7. The molecule has 0 amide bonds. The van der Waals surface area contributed by atoms with E-state index >= 15 is 0 Å². The van der Waals surface area contributed by atoms with E-state index in [9.17, 15) is 0 Å². The minimum Gasteiger partial charge on any atom is -0.457 e. The second kappa shape index (κ2) is 12.2. The molecule has 1 aliphatic heterocycles. The molecule has 2 spiro atoms. The predicted octanol–water partition coefficient (Wildman–Crippen LogP) is 14.1. The van der Waals surface area contributed by atoms with Crippen LogP contribution < -0.4 is 4.74 Å². The zero-order valence-electron chi connectivity index (χ0n) is 34.9. The maximum atomic E-state index is 6.81. The Kier molecular flexibility index (Phi) is 6.69. The predicted molar refractivity (Wildman–Crippen MR) is 251 cm³/mol. The molecule has 4 heteroatoms. The van der Waals surface area contributed by atoms with Gasteiger partial charge in [0, 0.05) is 27.8 Å². The van der Waals surface area contributed by atoms with Gasteiger partial charge in [0.25, 0.3) is 0 Å². The lowest BCUT2D eigenvalue weighted by Crippen LogP contribution is -2.42. The highest BCUT2D eigenvalue weighted by molar-refractivity contribution is 6.13. The van der Waals surface area contributed by atoms with Crippen molar-refractivity contribution in [3.63, 3.8) is 0 Å². The Balaban J connectivity index is 0.938. The number of ether oxygens (including phenoxy) is 1. The summed E-state index contributed by atoms with van der Waals surface area (Å²) in [5.41, 5.74) is 12.1. The van der Waals surface area contributed by atoms with Crippen LogP contribution in [0.15, 0.2) is 170 Å². The highest BCUT2D eigenvalue weighted by Crippen LogP contribution is 2.79. The van der Waals surface area contributed by atoms with Gasteiger partial charge >= 0.3 is 0 Å². The summed E-state index contributed by atoms with van der Waals surface area (Å²) in [4.78, 5) is 16.3. The van der Waals surface area contributed by atoms with E-state index < -0.39 is 5.41 Å². The van der Waals surface area contributed by atoms with Crippen LogP contribution in [-0.2, 0) is 10.8 Å². The number of hydrogen-bond acceptors (Lipinski definition) is 4. The molecule has 4 nitrogen and oxygen atoms in total. The number of para-hydroxylation sites is 1. The monoisotopic (exact) mass is 809 g/mol. The van der Waals surface area contributed by atoms with E-state index in [0.29, 0.717) is 28.3 Å². The zero-order valence-corrected chi connectivity index (χ0v) is 34.9. The van der Waals surface area contributed by atoms with Crippen LogP contribution in [0.2, 0.25) is 0 Å². The summed E-state index contributed by atoms with van der Waals surface area (Å²) in [5.74, 6) is 6.56. The molecule has 6 aliphatic rings. The van der Waals surface area contributed by atoms with Crippen LogP contribution in [0.4, 0.5) is 0 Å². The second-order valence-corrected chi connectivity index (χ2v) is 19.8. The van der Waals surface area contributed by atoms with Crippen LogP contribution in [-0.4, -0.2) is 15.0 Å². The Hall–Kier alpha value is -6.91. The normalized spacial score (nSPS) is 24.7. The van der Waals surface area contributed by atoms with Gasteiger partial charge in [-0.1, -0.05) is 140 Å². The molecule has 63 heavy (non-hydrogen) atoms. The van der Waals surface area contributed by atoms with Crippen molar-refractivity contribution in [1.29, 1.82) is 0 Å². The SMILES string of the molecule is c1ccc2c(c1)Oc1ccc(-c3nc(-c4ccc(C56CC7C[C@@H]8C[C@@H](C5)CC78C6)cc4)nc(-c4cc5ccccc5c5ccccc45)n3)cc1C21c2ccccc2-c2ccccc21. The van der Waals surface area contributed by atoms with E-state index in [4.69, 9.17) is 19.7 Å². The average Bonchev–Trinajstić information content (AvgIpc) is 3.82. The summed E-state index contributed by atoms with van der Waals surface area (Å²) < 4.78 is 6.81. The van der Waals surface area contributed by atoms with Crippen molar-refractivity contribution in [2.45, 2.75) is 49.4 Å². The molecule has 3 unspecified atom stereocenters. The van der Waals surface area contributed by atoms with Crippen LogP contribution >= 0.6 is 0 Å². The van der Waals surface area contributed by atoms with Gasteiger partial charge in [-0.3, -0.25) is 0 Å². The first-order valence-electron chi connectivity index (χ1n) is 23.0. The summed E-state index contributed by atoms with van der Waals surface area (Å²) >= 11 is 0. The number of nitrogens with zero attached hydrogens (tertiary/aromatic N) is 3. The summed E-state index contributed by atoms with van der Waals surface area (Å²) in [5, 5.41) is 4.71. The lowest BCUT2D eigenvalue weighted by Gasteiger charge is -2.49. The Bertz CT molecular complexity index is 3390. The largest absolute Gasteiger partial charge is 0.457 e. The molecular weight excluding hydrogens is 767 g/mol. The molecule has 1 aromatic heterocycles. The van der Waals surface area contributed by atoms with Gasteiger partial charge in [0.2, 0.25) is 0 Å². The maximum absolute atomic E-state index is 6.81. The lowest BCUT2D eigenvalue weighted by atomic mass is 9.55. The number of hydrogen-bond donors (Lipinski definition) is 0. The van der Waals surface area contributed by atoms with Gasteiger partial charge in [-0.2, -0.15) is 0 Å². The molecule has 5 atom stereocenters. The molecule has 4 fully saturated rings. The van der Waals surface area contributed by atoms with Gasteiger partial charge < -0.3 is 4.74 Å². The second-order valence-electron chi connectivity index (χ2n) is 19.8. The van der Waals surface area contributed by atoms with Gasteiger partial charge in [0.1, 0.15) is 11.5 Å². The Morgan fingerprint density at radius 1 is 0.444 bits per heavy atom. The van der Waals surface area contributed by atoms with Crippen molar-refractivity contribution in [1.82, 2.24) is 15.0 Å². The van der Waals surface area contributed by atoms with Crippen molar-refractivity contribution in [3.05, 3.63) is 198 Å². The van der Waals surface area contributed by atoms with Crippen LogP contribution in [0.5, 0.6) is 11.5 Å². The molecule has 0 radical (unpaired) electrons. The Labute approximate surface area is 366 Å². The molecule has 3 bridgehead atoms. The van der Waals surface area contributed by atoms with E-state index in [1.54, 1.807) is 0 Å². The molecule has 4 saturated carbocycles. The molecule has 0 saturated heterocycles. The Morgan fingerprint density at radius 2 is 1.08 bits per heavy atom. The number of benzene rings is 8. The molecule has 15 rings (SSSR count). The van der Waals surface area contributed by atoms with Crippen molar-refractivity contribution >= 4 is 21.5 Å². The first-order chi connectivity index (χ1) is 31.1. The van der Waals surface area contributed by atoms with E-state index in [-0.39, 0.29) is 0 Å². The van der Waals surface area contributed by atoms with E-state index in [1.165, 1.54) is 77.1 Å². The first-order valence-corrected chi connectivity index (χ1v) is 23.0. The smallest absolute Gasteiger partial charge is 0.164 e. The van der Waals surface area contributed by atoms with Gasteiger partial charge in [-0.15, -0.1) is 0 Å². The third-order valence-corrected chi connectivity index (χ3v) is 17.0. The summed E-state index contributed by atoms with van der Waals surface area (Å²) in [6.07, 6.45) is 8.55. The van der Waals surface area contributed by atoms with Gasteiger partial charge in [-0.25, -0.2) is 15.0 Å². The minimum atomic E-state index is -0.590. The highest BCUT2D eigenvalue weighted by atomic mass is 16.5. The van der Waals surface area contributed by atoms with E-state index in [1.807, 2.05) is 0 Å². The summed E-state index contributed by atoms with van der Waals surface area (Å²) in [7, 11) is 0. The fourth-order valence-corrected chi connectivity index (χ4v) is 14.7. The average molecular weight is 810 g/mol. The molecule has 300 valence electrons. The van der Waals surface area contributed by atoms with E-state index in [2.05, 4.69) is 170 Å². The van der Waals surface area contributed by atoms with Crippen molar-refractivity contribution in [2.75, 3.05) is 0 Å². The van der Waals surface area contributed by atoms with Crippen LogP contribution in [0.1, 0.15) is 66.3 Å². The molecule has 0 N–H and O–H groups in total. The number of fused-ring (bicyclic) bond motifs is 14. The summed E-state index contributed by atoms with van der Waals surface area (Å²) in [6, 6.07) is 61.9. The highest BCUT2D eigenvalue weighted by Gasteiger charge is 2.71. The van der Waals surface area contributed by atoms with E-state index in [0.717, 1.165) is 67.8 Å². The van der Waals surface area contributed by atoms with Gasteiger partial charge in [-0.05, 0) is 147 Å². The molecule has 5 aliphatic carbocycles. The van der Waals surface area contributed by atoms with Crippen LogP contribution in [0, 0.1) is 23.2 Å². The molecule has 2 heterocycles. The van der Waals surface area contributed by atoms with Crippen molar-refractivity contribution in [3.8, 4) is 56.8 Å². The van der Waals surface area contributed by atoms with Crippen LogP contribution in [0.3, 0.4) is 0 Å². The third-order valence-electron chi connectivity index (χ3n) is 17.0.